The zero-order chi connectivity index (χ0) is 25.5. The number of nitrogen functional groups attached to an aromatic ring is 1. The van der Waals surface area contributed by atoms with Gasteiger partial charge in [-0.15, -0.1) is 0 Å². The van der Waals surface area contributed by atoms with Gasteiger partial charge < -0.3 is 10.6 Å². The highest BCUT2D eigenvalue weighted by Gasteiger charge is 2.51. The summed E-state index contributed by atoms with van der Waals surface area (Å²) in [7, 11) is -5.69. The van der Waals surface area contributed by atoms with Crippen molar-refractivity contribution in [2.75, 3.05) is 17.2 Å². The van der Waals surface area contributed by atoms with Crippen molar-refractivity contribution in [3.05, 3.63) is 88.7 Å². The summed E-state index contributed by atoms with van der Waals surface area (Å²) in [5.74, 6) is -1.28. The van der Waals surface area contributed by atoms with Gasteiger partial charge in [-0.05, 0) is 47.9 Å². The molecular weight excluding hydrogens is 491 g/mol. The van der Waals surface area contributed by atoms with Crippen LogP contribution in [0.5, 0.6) is 0 Å². The Bertz CT molecular complexity index is 1350. The van der Waals surface area contributed by atoms with E-state index in [1.54, 1.807) is 30.0 Å². The van der Waals surface area contributed by atoms with Crippen LogP contribution in [-0.2, 0) is 23.1 Å². The van der Waals surface area contributed by atoms with E-state index in [-0.39, 0.29) is 12.2 Å². The predicted molar refractivity (Wildman–Crippen MR) is 120 cm³/mol. The summed E-state index contributed by atoms with van der Waals surface area (Å²) in [5.41, 5.74) is 2.15. The minimum absolute atomic E-state index is 0.0249. The van der Waals surface area contributed by atoms with Crippen LogP contribution in [0.4, 0.5) is 33.3 Å². The molecule has 0 radical (unpaired) electrons. The number of alkyl halides is 3. The molecule has 4 rings (SSSR count). The highest BCUT2D eigenvalue weighted by atomic mass is 32.2. The van der Waals surface area contributed by atoms with Crippen LogP contribution in [-0.4, -0.2) is 29.8 Å². The van der Waals surface area contributed by atoms with Crippen molar-refractivity contribution in [3.8, 4) is 0 Å². The summed E-state index contributed by atoms with van der Waals surface area (Å²) >= 11 is 0. The number of hydrogen-bond acceptors (Lipinski definition) is 5. The summed E-state index contributed by atoms with van der Waals surface area (Å²) in [6.07, 6.45) is 0.937. The second-order valence-electron chi connectivity index (χ2n) is 8.21. The molecular formula is C23H21F5N4O2S. The van der Waals surface area contributed by atoms with Gasteiger partial charge in [0.05, 0.1) is 30.2 Å². The molecule has 0 unspecified atom stereocenters. The summed E-state index contributed by atoms with van der Waals surface area (Å²) in [6, 6.07) is 10.4. The van der Waals surface area contributed by atoms with Gasteiger partial charge >= 0.3 is 15.5 Å². The third kappa shape index (κ3) is 4.80. The summed E-state index contributed by atoms with van der Waals surface area (Å²) in [5, 5.41) is 0. The molecule has 2 N–H and O–H groups in total. The maximum absolute atomic E-state index is 13.7. The average Bonchev–Trinajstić information content (AvgIpc) is 2.95. The number of nitrogens with two attached hydrogens (primary N) is 1. The van der Waals surface area contributed by atoms with E-state index in [9.17, 15) is 30.4 Å². The molecule has 0 aliphatic carbocycles. The van der Waals surface area contributed by atoms with Crippen molar-refractivity contribution in [1.82, 2.24) is 9.29 Å². The molecule has 3 aromatic rings. The number of pyridine rings is 1. The molecule has 0 amide bonds. The number of rotatable bonds is 4. The zero-order valence-electron chi connectivity index (χ0n) is 18.4. The Morgan fingerprint density at radius 3 is 2.43 bits per heavy atom. The van der Waals surface area contributed by atoms with E-state index in [0.29, 0.717) is 32.4 Å². The van der Waals surface area contributed by atoms with Gasteiger partial charge in [0.1, 0.15) is 5.82 Å². The molecule has 0 saturated carbocycles. The molecule has 1 aromatic heterocycles. The molecule has 0 spiro atoms. The monoisotopic (exact) mass is 512 g/mol. The van der Waals surface area contributed by atoms with Gasteiger partial charge in [0.15, 0.2) is 5.82 Å². The van der Waals surface area contributed by atoms with E-state index in [1.165, 1.54) is 18.2 Å². The number of benzene rings is 2. The summed E-state index contributed by atoms with van der Waals surface area (Å²) in [6.45, 7) is 0.555. The molecule has 1 aliphatic rings. The van der Waals surface area contributed by atoms with Crippen LogP contribution in [0, 0.1) is 18.6 Å². The maximum atomic E-state index is 13.7. The van der Waals surface area contributed by atoms with Crippen LogP contribution in [0.3, 0.4) is 0 Å². The molecule has 0 bridgehead atoms. The van der Waals surface area contributed by atoms with Crippen molar-refractivity contribution >= 4 is 21.4 Å². The molecule has 12 heteroatoms. The molecule has 2 aromatic carbocycles. The first-order valence-corrected chi connectivity index (χ1v) is 11.9. The smallest absolute Gasteiger partial charge is 0.396 e. The van der Waals surface area contributed by atoms with E-state index in [1.807, 2.05) is 0 Å². The van der Waals surface area contributed by atoms with E-state index in [2.05, 4.69) is 4.98 Å². The number of anilines is 2. The highest BCUT2D eigenvalue weighted by Crippen LogP contribution is 2.40. The predicted octanol–water partition coefficient (Wildman–Crippen LogP) is 4.66. The first-order chi connectivity index (χ1) is 16.4. The largest absolute Gasteiger partial charge is 0.511 e. The third-order valence-corrected chi connectivity index (χ3v) is 7.49. The summed E-state index contributed by atoms with van der Waals surface area (Å²) < 4.78 is 93.5. The van der Waals surface area contributed by atoms with Crippen LogP contribution in [0.15, 0.2) is 54.7 Å². The highest BCUT2D eigenvalue weighted by molar-refractivity contribution is 7.89. The minimum atomic E-state index is -5.69. The Morgan fingerprint density at radius 2 is 1.80 bits per heavy atom. The second kappa shape index (κ2) is 9.08. The Morgan fingerprint density at radius 1 is 1.11 bits per heavy atom. The number of aromatic nitrogens is 1. The van der Waals surface area contributed by atoms with E-state index >= 15 is 0 Å². The molecule has 1 atom stereocenters. The van der Waals surface area contributed by atoms with Crippen LogP contribution in [0.25, 0.3) is 0 Å². The lowest BCUT2D eigenvalue weighted by Crippen LogP contribution is -2.43. The van der Waals surface area contributed by atoms with Crippen molar-refractivity contribution in [1.29, 1.82) is 0 Å². The Kier molecular flexibility index (Phi) is 6.45. The lowest BCUT2D eigenvalue weighted by Gasteiger charge is -2.34. The lowest BCUT2D eigenvalue weighted by atomic mass is 10.0. The summed E-state index contributed by atoms with van der Waals surface area (Å²) in [4.78, 5) is 5.72. The van der Waals surface area contributed by atoms with Crippen molar-refractivity contribution in [3.63, 3.8) is 0 Å². The average molecular weight is 513 g/mol. The lowest BCUT2D eigenvalue weighted by molar-refractivity contribution is -0.0492. The Hall–Kier alpha value is -3.25. The topological polar surface area (TPSA) is 79.5 Å². The van der Waals surface area contributed by atoms with Gasteiger partial charge in [-0.3, -0.25) is 4.98 Å². The first-order valence-electron chi connectivity index (χ1n) is 10.5. The standard InChI is InChI=1S/C23H21F5N4O2S/c1-14-3-2-4-21-18(14)12-31(35(33,34)23(26,27)28)13-22(15-5-7-16(24)8-6-15)32(21)11-17-9-20(29)19(25)10-30-17/h2-10,22H,11-13H2,1H3,(H2,29,30)/t22-/m1/s1. The van der Waals surface area contributed by atoms with Crippen LogP contribution < -0.4 is 10.6 Å². The number of sulfonamides is 1. The number of fused-ring (bicyclic) bond motifs is 1. The molecule has 35 heavy (non-hydrogen) atoms. The maximum Gasteiger partial charge on any atom is 0.511 e. The molecule has 0 fully saturated rings. The molecule has 186 valence electrons. The number of aryl methyl sites for hydroxylation is 1. The fourth-order valence-electron chi connectivity index (χ4n) is 4.12. The van der Waals surface area contributed by atoms with Crippen LogP contribution in [0.1, 0.15) is 28.4 Å². The number of hydrogen-bond donors (Lipinski definition) is 1. The quantitative estimate of drug-likeness (QED) is 0.515. The minimum Gasteiger partial charge on any atom is -0.396 e. The van der Waals surface area contributed by atoms with Gasteiger partial charge in [0.2, 0.25) is 0 Å². The van der Waals surface area contributed by atoms with Gasteiger partial charge in [-0.1, -0.05) is 24.3 Å². The van der Waals surface area contributed by atoms with Gasteiger partial charge in [0.25, 0.3) is 0 Å². The van der Waals surface area contributed by atoms with E-state index < -0.39 is 46.3 Å². The van der Waals surface area contributed by atoms with E-state index in [4.69, 9.17) is 5.73 Å². The van der Waals surface area contributed by atoms with Gasteiger partial charge in [0, 0.05) is 18.8 Å². The fourth-order valence-corrected chi connectivity index (χ4v) is 5.05. The fraction of sp³-hybridized carbons (Fsp3) is 0.261. The van der Waals surface area contributed by atoms with E-state index in [0.717, 1.165) is 18.3 Å². The Balaban J connectivity index is 1.91. The van der Waals surface area contributed by atoms with Crippen molar-refractivity contribution < 1.29 is 30.4 Å². The van der Waals surface area contributed by atoms with Crippen molar-refractivity contribution in [2.24, 2.45) is 0 Å². The van der Waals surface area contributed by atoms with Gasteiger partial charge in [-0.2, -0.15) is 17.5 Å². The molecule has 6 nitrogen and oxygen atoms in total. The number of nitrogens with zero attached hydrogens (tertiary/aromatic N) is 3. The van der Waals surface area contributed by atoms with Crippen LogP contribution >= 0.6 is 0 Å². The zero-order valence-corrected chi connectivity index (χ0v) is 19.2. The Labute approximate surface area is 198 Å². The van der Waals surface area contributed by atoms with Gasteiger partial charge in [-0.25, -0.2) is 17.2 Å². The van der Waals surface area contributed by atoms with Crippen LogP contribution in [0.2, 0.25) is 0 Å². The SMILES string of the molecule is Cc1cccc2c1CN(S(=O)(=O)C(F)(F)F)C[C@H](c1ccc(F)cc1)N2Cc1cc(N)c(F)cn1. The first kappa shape index (κ1) is 24.9. The molecule has 0 saturated heterocycles. The van der Waals surface area contributed by atoms with Crippen molar-refractivity contribution in [2.45, 2.75) is 31.6 Å². The normalized spacial score (nSPS) is 17.2. The second-order valence-corrected chi connectivity index (χ2v) is 10.1. The molecule has 2 heterocycles. The number of halogens is 5. The molecule has 1 aliphatic heterocycles. The third-order valence-electron chi connectivity index (χ3n) is 5.94.